The second-order valence-electron chi connectivity index (χ2n) is 37.0. The standard InChI is InChI=1S/C101H195N3O8/c1-10-18-42-59-90(60-43-19-11-2)73-83-111-98(105)69-52-38-30-28-36-50-67-95(89-104-79-77-102(9)78-80-104)68-51-37-29-31-39-53-70-99(106)112-84-74-93(64-47-23-15-6)85-97(58-16-7)96(17-8)72-71-92(63-46-22-14-5)87-101(108)110-82-57-41-33-25-27-35-49-66-94(88-103-75-54-55-76-103)65-48-34-26-24-32-40-56-81-109-100(107)86-91(61-44-20-12-3)62-45-21-13-4/h90-97H,10-89H2,1-9H3. The number of nitrogens with zero attached hydrogens (tertiary/aromatic N) is 3. The number of hydrogen-bond donors (Lipinski definition) is 0. The minimum absolute atomic E-state index is 0.00418. The number of likely N-dealkylation sites (tertiary alicyclic amines) is 1. The zero-order chi connectivity index (χ0) is 81.1. The average molecular weight is 1580 g/mol. The highest BCUT2D eigenvalue weighted by atomic mass is 16.5. The predicted molar refractivity (Wildman–Crippen MR) is 481 cm³/mol. The summed E-state index contributed by atoms with van der Waals surface area (Å²) in [7, 11) is 2.26. The molecule has 0 amide bonds. The van der Waals surface area contributed by atoms with E-state index in [2.05, 4.69) is 77.1 Å². The molecule has 0 aromatic heterocycles. The lowest BCUT2D eigenvalue weighted by molar-refractivity contribution is -0.146. The summed E-state index contributed by atoms with van der Waals surface area (Å²) < 4.78 is 23.5. The van der Waals surface area contributed by atoms with Crippen molar-refractivity contribution < 1.29 is 38.1 Å². The zero-order valence-corrected chi connectivity index (χ0v) is 76.8. The molecule has 11 heteroatoms. The van der Waals surface area contributed by atoms with E-state index in [1.165, 1.54) is 393 Å². The van der Waals surface area contributed by atoms with Crippen LogP contribution in [0.4, 0.5) is 0 Å². The van der Waals surface area contributed by atoms with E-state index in [0.717, 1.165) is 82.5 Å². The summed E-state index contributed by atoms with van der Waals surface area (Å²) in [5.41, 5.74) is 0. The Hall–Kier alpha value is -2.24. The van der Waals surface area contributed by atoms with Gasteiger partial charge >= 0.3 is 23.9 Å². The highest BCUT2D eigenvalue weighted by Gasteiger charge is 2.27. The zero-order valence-electron chi connectivity index (χ0n) is 76.8. The van der Waals surface area contributed by atoms with Crippen LogP contribution < -0.4 is 0 Å². The molecule has 0 N–H and O–H groups in total. The van der Waals surface area contributed by atoms with Crippen molar-refractivity contribution in [3.8, 4) is 0 Å². The van der Waals surface area contributed by atoms with Gasteiger partial charge in [0.15, 0.2) is 0 Å². The fourth-order valence-electron chi connectivity index (χ4n) is 19.0. The monoisotopic (exact) mass is 1580 g/mol. The highest BCUT2D eigenvalue weighted by Crippen LogP contribution is 2.37. The molecule has 2 aliphatic heterocycles. The Morgan fingerprint density at radius 1 is 0.250 bits per heavy atom. The molecule has 2 rings (SSSR count). The second kappa shape index (κ2) is 78.6. The third-order valence-electron chi connectivity index (χ3n) is 26.6. The molecular formula is C101H195N3O8. The van der Waals surface area contributed by atoms with Crippen molar-refractivity contribution in [1.82, 2.24) is 14.7 Å². The molecule has 0 saturated carbocycles. The van der Waals surface area contributed by atoms with E-state index in [0.29, 0.717) is 87.6 Å². The SMILES string of the molecule is CCCCCC(CCCCC)CCOC(=O)CCCCCCCCC(CCCCCCCCC(=O)OCCC(CCCCC)CC(CCC)C(CC)CCC(CCCCC)CC(=O)OCCCCCCCCCC(CCCCCCCCCOC(=O)CC(CCCCC)CCCCC)CN1CCCC1)CN1CCN(C)CC1. The van der Waals surface area contributed by atoms with Gasteiger partial charge in [-0.2, -0.15) is 0 Å². The van der Waals surface area contributed by atoms with E-state index in [-0.39, 0.29) is 23.9 Å². The molecule has 6 atom stereocenters. The van der Waals surface area contributed by atoms with Gasteiger partial charge in [0.1, 0.15) is 0 Å². The Morgan fingerprint density at radius 3 is 0.929 bits per heavy atom. The minimum atomic E-state index is 0.00418. The molecule has 0 aromatic carbocycles. The first kappa shape index (κ1) is 106. The van der Waals surface area contributed by atoms with Crippen LogP contribution in [0, 0.1) is 47.3 Å². The minimum Gasteiger partial charge on any atom is -0.466 e. The maximum Gasteiger partial charge on any atom is 0.306 e. The average Bonchev–Trinajstić information content (AvgIpc) is 1.10. The number of ether oxygens (including phenoxy) is 4. The lowest BCUT2D eigenvalue weighted by Crippen LogP contribution is -2.46. The molecule has 0 radical (unpaired) electrons. The number of carbonyl (C=O) groups is 4. The molecule has 2 aliphatic rings. The normalized spacial score (nSPS) is 15.5. The number of rotatable bonds is 85. The lowest BCUT2D eigenvalue weighted by Gasteiger charge is -2.34. The van der Waals surface area contributed by atoms with E-state index in [4.69, 9.17) is 18.9 Å². The molecular weight excluding hydrogens is 1380 g/mol. The Bertz CT molecular complexity index is 2020. The summed E-state index contributed by atoms with van der Waals surface area (Å²) in [6, 6.07) is 0. The Balaban J connectivity index is 1.68. The van der Waals surface area contributed by atoms with Gasteiger partial charge in [-0.25, -0.2) is 0 Å². The summed E-state index contributed by atoms with van der Waals surface area (Å²) in [6.07, 6.45) is 81.7. The summed E-state index contributed by atoms with van der Waals surface area (Å²) in [6.45, 7) is 30.7. The van der Waals surface area contributed by atoms with Crippen molar-refractivity contribution in [3.63, 3.8) is 0 Å². The molecule has 662 valence electrons. The molecule has 2 saturated heterocycles. The van der Waals surface area contributed by atoms with Crippen molar-refractivity contribution >= 4 is 23.9 Å². The van der Waals surface area contributed by atoms with Gasteiger partial charge < -0.3 is 33.6 Å². The van der Waals surface area contributed by atoms with Crippen LogP contribution >= 0.6 is 0 Å². The maximum absolute atomic E-state index is 13.5. The molecule has 2 fully saturated rings. The maximum atomic E-state index is 13.5. The fourth-order valence-corrected chi connectivity index (χ4v) is 19.0. The van der Waals surface area contributed by atoms with Crippen molar-refractivity contribution in [2.75, 3.05) is 85.8 Å². The van der Waals surface area contributed by atoms with E-state index < -0.39 is 0 Å². The van der Waals surface area contributed by atoms with Crippen LogP contribution in [0.25, 0.3) is 0 Å². The third kappa shape index (κ3) is 63.8. The molecule has 0 spiro atoms. The van der Waals surface area contributed by atoms with Crippen molar-refractivity contribution in [1.29, 1.82) is 0 Å². The number of esters is 4. The molecule has 0 aliphatic carbocycles. The Kier molecular flexibility index (Phi) is 74.3. The van der Waals surface area contributed by atoms with E-state index in [9.17, 15) is 19.2 Å². The van der Waals surface area contributed by atoms with E-state index in [1.54, 1.807) is 0 Å². The molecule has 2 heterocycles. The van der Waals surface area contributed by atoms with Crippen LogP contribution in [0.3, 0.4) is 0 Å². The number of hydrogen-bond acceptors (Lipinski definition) is 11. The van der Waals surface area contributed by atoms with Gasteiger partial charge in [0.25, 0.3) is 0 Å². The molecule has 0 bridgehead atoms. The molecule has 0 aromatic rings. The quantitative estimate of drug-likeness (QED) is 0.0329. The van der Waals surface area contributed by atoms with Gasteiger partial charge in [-0.15, -0.1) is 0 Å². The number of unbranched alkanes of at least 4 members (excludes halogenated alkanes) is 34. The van der Waals surface area contributed by atoms with E-state index in [1.807, 2.05) is 0 Å². The van der Waals surface area contributed by atoms with Gasteiger partial charge in [-0.1, -0.05) is 351 Å². The van der Waals surface area contributed by atoms with Gasteiger partial charge in [0.2, 0.25) is 0 Å². The topological polar surface area (TPSA) is 115 Å². The Labute approximate surface area is 698 Å². The molecule has 112 heavy (non-hydrogen) atoms. The summed E-state index contributed by atoms with van der Waals surface area (Å²) >= 11 is 0. The third-order valence-corrected chi connectivity index (χ3v) is 26.6. The van der Waals surface area contributed by atoms with Crippen LogP contribution in [-0.2, 0) is 38.1 Å². The van der Waals surface area contributed by atoms with Crippen LogP contribution in [0.15, 0.2) is 0 Å². The largest absolute Gasteiger partial charge is 0.466 e. The van der Waals surface area contributed by atoms with Crippen molar-refractivity contribution in [2.24, 2.45) is 47.3 Å². The van der Waals surface area contributed by atoms with Crippen LogP contribution in [0.5, 0.6) is 0 Å². The van der Waals surface area contributed by atoms with Crippen molar-refractivity contribution in [3.05, 3.63) is 0 Å². The molecule has 6 unspecified atom stereocenters. The number of carbonyl (C=O) groups excluding carboxylic acids is 4. The first-order valence-electron chi connectivity index (χ1n) is 50.7. The van der Waals surface area contributed by atoms with Gasteiger partial charge in [0.05, 0.1) is 26.4 Å². The summed E-state index contributed by atoms with van der Waals surface area (Å²) in [5, 5.41) is 0. The molecule has 11 nitrogen and oxygen atoms in total. The van der Waals surface area contributed by atoms with Crippen LogP contribution in [0.1, 0.15) is 492 Å². The predicted octanol–water partition coefficient (Wildman–Crippen LogP) is 29.3. The van der Waals surface area contributed by atoms with Gasteiger partial charge in [-0.05, 0) is 183 Å². The van der Waals surface area contributed by atoms with Gasteiger partial charge in [0, 0.05) is 65.0 Å². The van der Waals surface area contributed by atoms with Crippen LogP contribution in [-0.4, -0.2) is 124 Å². The van der Waals surface area contributed by atoms with Gasteiger partial charge in [-0.3, -0.25) is 19.2 Å². The first-order chi connectivity index (χ1) is 54.9. The second-order valence-corrected chi connectivity index (χ2v) is 37.0. The first-order valence-corrected chi connectivity index (χ1v) is 50.7. The smallest absolute Gasteiger partial charge is 0.306 e. The fraction of sp³-hybridized carbons (Fsp3) is 0.960. The van der Waals surface area contributed by atoms with Crippen molar-refractivity contribution in [2.45, 2.75) is 492 Å². The summed E-state index contributed by atoms with van der Waals surface area (Å²) in [5.74, 6) is 5.27. The number of likely N-dealkylation sites (N-methyl/N-ethyl adjacent to an activating group) is 1. The highest BCUT2D eigenvalue weighted by molar-refractivity contribution is 5.70. The van der Waals surface area contributed by atoms with E-state index >= 15 is 0 Å². The lowest BCUT2D eigenvalue weighted by atomic mass is 9.75. The summed E-state index contributed by atoms with van der Waals surface area (Å²) in [4.78, 5) is 59.9. The van der Waals surface area contributed by atoms with Crippen LogP contribution in [0.2, 0.25) is 0 Å². The number of piperazine rings is 1. The Morgan fingerprint density at radius 2 is 0.554 bits per heavy atom.